The van der Waals surface area contributed by atoms with Crippen molar-refractivity contribution in [3.8, 4) is 17.2 Å². The van der Waals surface area contributed by atoms with Crippen LogP contribution in [0.4, 0.5) is 0 Å². The summed E-state index contributed by atoms with van der Waals surface area (Å²) in [5.74, 6) is 0. The molecule has 19 heavy (non-hydrogen) atoms. The van der Waals surface area contributed by atoms with E-state index in [1.807, 2.05) is 42.5 Å². The van der Waals surface area contributed by atoms with Gasteiger partial charge < -0.3 is 0 Å². The van der Waals surface area contributed by atoms with Crippen LogP contribution in [0.2, 0.25) is 0 Å². The standard InChI is InChI=1S/C14H9BrN4/c15-14(18-19-17)11-7-5-10(6-8-11)13-4-2-1-3-12(13)9-16/h1-8,14H. The highest BCUT2D eigenvalue weighted by molar-refractivity contribution is 9.09. The Balaban J connectivity index is 2.38. The quantitative estimate of drug-likeness (QED) is 0.260. The minimum absolute atomic E-state index is 0.377. The number of rotatable bonds is 3. The van der Waals surface area contributed by atoms with Crippen molar-refractivity contribution in [1.29, 1.82) is 5.26 Å². The first-order valence-corrected chi connectivity index (χ1v) is 6.45. The van der Waals surface area contributed by atoms with Crippen LogP contribution in [0, 0.1) is 11.3 Å². The number of halogens is 1. The molecule has 2 rings (SSSR count). The first-order chi connectivity index (χ1) is 9.26. The molecule has 0 aliphatic rings. The maximum Gasteiger partial charge on any atom is 0.118 e. The Bertz CT molecular complexity index is 667. The van der Waals surface area contributed by atoms with Crippen LogP contribution in [0.3, 0.4) is 0 Å². The fourth-order valence-corrected chi connectivity index (χ4v) is 2.15. The molecule has 0 amide bonds. The lowest BCUT2D eigenvalue weighted by Gasteiger charge is -2.07. The summed E-state index contributed by atoms with van der Waals surface area (Å²) in [4.78, 5) is 2.38. The summed E-state index contributed by atoms with van der Waals surface area (Å²) in [7, 11) is 0. The average Bonchev–Trinajstić information content (AvgIpc) is 2.47. The van der Waals surface area contributed by atoms with Gasteiger partial charge in [-0.2, -0.15) is 5.26 Å². The van der Waals surface area contributed by atoms with Gasteiger partial charge in [-0.15, -0.1) is 0 Å². The van der Waals surface area contributed by atoms with Crippen LogP contribution < -0.4 is 0 Å². The molecule has 0 fully saturated rings. The lowest BCUT2D eigenvalue weighted by atomic mass is 9.99. The van der Waals surface area contributed by atoms with E-state index in [9.17, 15) is 0 Å². The van der Waals surface area contributed by atoms with Gasteiger partial charge in [0.1, 0.15) is 4.95 Å². The van der Waals surface area contributed by atoms with Crippen molar-refractivity contribution < 1.29 is 0 Å². The third-order valence-corrected chi connectivity index (χ3v) is 3.41. The summed E-state index contributed by atoms with van der Waals surface area (Å²) in [6.07, 6.45) is 0. The summed E-state index contributed by atoms with van der Waals surface area (Å²) >= 11 is 3.28. The Morgan fingerprint density at radius 2 is 1.84 bits per heavy atom. The zero-order valence-electron chi connectivity index (χ0n) is 9.86. The Morgan fingerprint density at radius 1 is 1.16 bits per heavy atom. The molecule has 0 aromatic heterocycles. The van der Waals surface area contributed by atoms with E-state index in [1.54, 1.807) is 6.07 Å². The Labute approximate surface area is 119 Å². The van der Waals surface area contributed by atoms with Crippen molar-refractivity contribution in [3.63, 3.8) is 0 Å². The van der Waals surface area contributed by atoms with Crippen LogP contribution in [-0.4, -0.2) is 0 Å². The summed E-state index contributed by atoms with van der Waals surface area (Å²) < 4.78 is 0. The molecular weight excluding hydrogens is 304 g/mol. The fourth-order valence-electron chi connectivity index (χ4n) is 1.77. The van der Waals surface area contributed by atoms with Gasteiger partial charge in [-0.3, -0.25) is 0 Å². The van der Waals surface area contributed by atoms with Crippen LogP contribution in [0.1, 0.15) is 16.1 Å². The van der Waals surface area contributed by atoms with E-state index < -0.39 is 0 Å². The number of benzene rings is 2. The predicted octanol–water partition coefficient (Wildman–Crippen LogP) is 4.93. The molecule has 2 aromatic rings. The third kappa shape index (κ3) is 2.94. The molecule has 0 spiro atoms. The second-order valence-corrected chi connectivity index (χ2v) is 4.69. The Kier molecular flexibility index (Phi) is 4.19. The number of hydrogen-bond donors (Lipinski definition) is 0. The molecule has 0 saturated heterocycles. The zero-order chi connectivity index (χ0) is 13.7. The Morgan fingerprint density at radius 3 is 2.47 bits per heavy atom. The van der Waals surface area contributed by atoms with E-state index in [1.165, 1.54) is 0 Å². The first kappa shape index (κ1) is 13.2. The lowest BCUT2D eigenvalue weighted by Crippen LogP contribution is -1.87. The van der Waals surface area contributed by atoms with E-state index in [-0.39, 0.29) is 4.95 Å². The van der Waals surface area contributed by atoms with Gasteiger partial charge >= 0.3 is 0 Å². The van der Waals surface area contributed by atoms with Gasteiger partial charge in [0.2, 0.25) is 0 Å². The second-order valence-electron chi connectivity index (χ2n) is 3.82. The summed E-state index contributed by atoms with van der Waals surface area (Å²) in [5, 5.41) is 12.7. The number of hydrogen-bond acceptors (Lipinski definition) is 2. The van der Waals surface area contributed by atoms with Gasteiger partial charge in [0.15, 0.2) is 0 Å². The lowest BCUT2D eigenvalue weighted by molar-refractivity contribution is 1.03. The number of nitriles is 1. The second kappa shape index (κ2) is 6.05. The van der Waals surface area contributed by atoms with Gasteiger partial charge in [-0.1, -0.05) is 63.5 Å². The van der Waals surface area contributed by atoms with Crippen LogP contribution in [0.25, 0.3) is 21.6 Å². The van der Waals surface area contributed by atoms with E-state index >= 15 is 0 Å². The molecule has 4 nitrogen and oxygen atoms in total. The van der Waals surface area contributed by atoms with Crippen LogP contribution in [-0.2, 0) is 0 Å². The highest BCUT2D eigenvalue weighted by Gasteiger charge is 2.07. The molecule has 0 saturated carbocycles. The van der Waals surface area contributed by atoms with E-state index in [4.69, 9.17) is 10.8 Å². The van der Waals surface area contributed by atoms with Gasteiger partial charge in [-0.25, -0.2) is 0 Å². The molecule has 0 N–H and O–H groups in total. The summed E-state index contributed by atoms with van der Waals surface area (Å²) in [6.45, 7) is 0. The summed E-state index contributed by atoms with van der Waals surface area (Å²) in [6, 6.07) is 17.2. The van der Waals surface area contributed by atoms with Gasteiger partial charge in [-0.05, 0) is 28.3 Å². The van der Waals surface area contributed by atoms with Crippen molar-refractivity contribution in [1.82, 2.24) is 0 Å². The topological polar surface area (TPSA) is 72.5 Å². The molecule has 5 heteroatoms. The zero-order valence-corrected chi connectivity index (χ0v) is 11.4. The molecule has 92 valence electrons. The van der Waals surface area contributed by atoms with Crippen molar-refractivity contribution >= 4 is 15.9 Å². The smallest absolute Gasteiger partial charge is 0.118 e. The van der Waals surface area contributed by atoms with E-state index in [0.29, 0.717) is 5.56 Å². The molecule has 1 unspecified atom stereocenters. The monoisotopic (exact) mass is 312 g/mol. The van der Waals surface area contributed by atoms with Gasteiger partial charge in [0.05, 0.1) is 11.6 Å². The van der Waals surface area contributed by atoms with Crippen molar-refractivity contribution in [2.75, 3.05) is 0 Å². The average molecular weight is 313 g/mol. The van der Waals surface area contributed by atoms with Crippen molar-refractivity contribution in [2.24, 2.45) is 5.11 Å². The maximum absolute atomic E-state index is 9.08. The summed E-state index contributed by atoms with van der Waals surface area (Å²) in [5.41, 5.74) is 11.8. The molecule has 0 bridgehead atoms. The van der Waals surface area contributed by atoms with Crippen LogP contribution in [0.5, 0.6) is 0 Å². The van der Waals surface area contributed by atoms with Crippen molar-refractivity contribution in [2.45, 2.75) is 4.95 Å². The minimum atomic E-state index is -0.377. The molecular formula is C14H9BrN4. The molecule has 0 heterocycles. The van der Waals surface area contributed by atoms with Crippen molar-refractivity contribution in [3.05, 3.63) is 70.1 Å². The van der Waals surface area contributed by atoms with Crippen LogP contribution >= 0.6 is 15.9 Å². The van der Waals surface area contributed by atoms with Crippen LogP contribution in [0.15, 0.2) is 53.6 Å². The fraction of sp³-hybridized carbons (Fsp3) is 0.0714. The Hall–Kier alpha value is -2.28. The minimum Gasteiger partial charge on any atom is -0.192 e. The molecule has 0 aliphatic heterocycles. The number of alkyl halides is 1. The predicted molar refractivity (Wildman–Crippen MR) is 77.4 cm³/mol. The highest BCUT2D eigenvalue weighted by Crippen LogP contribution is 2.28. The SMILES string of the molecule is N#Cc1ccccc1-c1ccc(C(Br)N=[N+]=[N-])cc1. The normalized spacial score (nSPS) is 11.2. The largest absolute Gasteiger partial charge is 0.192 e. The van der Waals surface area contributed by atoms with E-state index in [0.717, 1.165) is 16.7 Å². The van der Waals surface area contributed by atoms with Gasteiger partial charge in [0.25, 0.3) is 0 Å². The highest BCUT2D eigenvalue weighted by atomic mass is 79.9. The number of azide groups is 1. The molecule has 0 aliphatic carbocycles. The third-order valence-electron chi connectivity index (χ3n) is 2.70. The first-order valence-electron chi connectivity index (χ1n) is 5.54. The van der Waals surface area contributed by atoms with Gasteiger partial charge in [0, 0.05) is 4.91 Å². The molecule has 2 aromatic carbocycles. The van der Waals surface area contributed by atoms with E-state index in [2.05, 4.69) is 32.0 Å². The maximum atomic E-state index is 9.08. The molecule has 0 radical (unpaired) electrons. The number of nitrogens with zero attached hydrogens (tertiary/aromatic N) is 4. The molecule has 1 atom stereocenters.